The number of hydrogen-bond acceptors (Lipinski definition) is 3. The number of halogens is 3. The fourth-order valence-electron chi connectivity index (χ4n) is 1.10. The summed E-state index contributed by atoms with van der Waals surface area (Å²) in [7, 11) is 0. The number of carbonyl (C=O) groups is 1. The van der Waals surface area contributed by atoms with Crippen LogP contribution < -0.4 is 0 Å². The fourth-order valence-corrected chi connectivity index (χ4v) is 1.10. The van der Waals surface area contributed by atoms with Crippen molar-refractivity contribution in [3.05, 3.63) is 12.7 Å². The van der Waals surface area contributed by atoms with Crippen LogP contribution in [-0.2, 0) is 9.53 Å². The molecule has 0 aliphatic carbocycles. The van der Waals surface area contributed by atoms with Gasteiger partial charge in [-0.3, -0.25) is 4.79 Å². The summed E-state index contributed by atoms with van der Waals surface area (Å²) in [6, 6.07) is 0. The van der Waals surface area contributed by atoms with Gasteiger partial charge < -0.3 is 14.7 Å². The number of aliphatic hydroxyl groups is 1. The number of alkyl halides is 3. The van der Waals surface area contributed by atoms with Crippen molar-refractivity contribution in [1.29, 1.82) is 0 Å². The molecule has 0 aliphatic heterocycles. The van der Waals surface area contributed by atoms with Gasteiger partial charge in [0.25, 0.3) is 0 Å². The van der Waals surface area contributed by atoms with Crippen LogP contribution in [0, 0.1) is 0 Å². The van der Waals surface area contributed by atoms with Crippen LogP contribution in [-0.4, -0.2) is 55.0 Å². The van der Waals surface area contributed by atoms with Gasteiger partial charge in [-0.25, -0.2) is 0 Å². The minimum absolute atomic E-state index is 0.129. The Morgan fingerprint density at radius 3 is 2.59 bits per heavy atom. The van der Waals surface area contributed by atoms with Crippen LogP contribution in [0.25, 0.3) is 0 Å². The number of hydrogen-bond donors (Lipinski definition) is 1. The van der Waals surface area contributed by atoms with Crippen molar-refractivity contribution in [3.63, 3.8) is 0 Å². The van der Waals surface area contributed by atoms with Gasteiger partial charge in [0.2, 0.25) is 5.91 Å². The molecule has 4 nitrogen and oxygen atoms in total. The molecule has 7 heteroatoms. The van der Waals surface area contributed by atoms with Crippen LogP contribution >= 0.6 is 0 Å². The first kappa shape index (κ1) is 15.9. The SMILES string of the molecule is C=CCN(CCO)C(=O)CCOCC(F)(F)F. The molecular weight excluding hydrogens is 239 g/mol. The van der Waals surface area contributed by atoms with Gasteiger partial charge in [-0.2, -0.15) is 13.2 Å². The van der Waals surface area contributed by atoms with Gasteiger partial charge in [0.05, 0.1) is 19.6 Å². The Labute approximate surface area is 97.7 Å². The lowest BCUT2D eigenvalue weighted by Gasteiger charge is -2.19. The number of rotatable bonds is 8. The van der Waals surface area contributed by atoms with E-state index in [2.05, 4.69) is 11.3 Å². The molecule has 1 amide bonds. The molecule has 17 heavy (non-hydrogen) atoms. The van der Waals surface area contributed by atoms with E-state index in [0.717, 1.165) is 0 Å². The standard InChI is InChI=1S/C10H16F3NO3/c1-2-4-14(5-6-15)9(16)3-7-17-8-10(11,12)13/h2,15H,1,3-8H2. The second-order valence-corrected chi connectivity index (χ2v) is 3.27. The van der Waals surface area contributed by atoms with Crippen LogP contribution in [0.5, 0.6) is 0 Å². The Bertz CT molecular complexity index is 243. The maximum Gasteiger partial charge on any atom is 0.411 e. The van der Waals surface area contributed by atoms with Gasteiger partial charge >= 0.3 is 6.18 Å². The zero-order valence-electron chi connectivity index (χ0n) is 9.37. The average molecular weight is 255 g/mol. The molecule has 0 unspecified atom stereocenters. The Hall–Kier alpha value is -1.08. The molecule has 0 aromatic heterocycles. The van der Waals surface area contributed by atoms with Crippen LogP contribution in [0.2, 0.25) is 0 Å². The van der Waals surface area contributed by atoms with Crippen LogP contribution in [0.4, 0.5) is 13.2 Å². The highest BCUT2D eigenvalue weighted by Crippen LogP contribution is 2.14. The molecule has 0 saturated carbocycles. The maximum absolute atomic E-state index is 11.7. The summed E-state index contributed by atoms with van der Waals surface area (Å²) in [5.74, 6) is -0.374. The van der Waals surface area contributed by atoms with Crippen molar-refractivity contribution in [1.82, 2.24) is 4.90 Å². The second kappa shape index (κ2) is 8.08. The number of carbonyl (C=O) groups excluding carboxylic acids is 1. The normalized spacial score (nSPS) is 11.3. The van der Waals surface area contributed by atoms with Crippen molar-refractivity contribution >= 4 is 5.91 Å². The lowest BCUT2D eigenvalue weighted by atomic mass is 10.3. The molecule has 100 valence electrons. The van der Waals surface area contributed by atoms with Crippen LogP contribution in [0.1, 0.15) is 6.42 Å². The molecule has 0 aliphatic rings. The van der Waals surface area contributed by atoms with Gasteiger partial charge in [0.1, 0.15) is 6.61 Å². The Kier molecular flexibility index (Phi) is 7.56. The predicted molar refractivity (Wildman–Crippen MR) is 55.4 cm³/mol. The summed E-state index contributed by atoms with van der Waals surface area (Å²) in [5.41, 5.74) is 0. The summed E-state index contributed by atoms with van der Waals surface area (Å²) in [6.45, 7) is 1.96. The van der Waals surface area contributed by atoms with Crippen molar-refractivity contribution < 1.29 is 27.8 Å². The van der Waals surface area contributed by atoms with Gasteiger partial charge in [0, 0.05) is 13.1 Å². The monoisotopic (exact) mass is 255 g/mol. The van der Waals surface area contributed by atoms with E-state index in [1.165, 1.54) is 11.0 Å². The summed E-state index contributed by atoms with van der Waals surface area (Å²) >= 11 is 0. The Morgan fingerprint density at radius 2 is 2.12 bits per heavy atom. The van der Waals surface area contributed by atoms with E-state index in [1.54, 1.807) is 0 Å². The summed E-state index contributed by atoms with van der Waals surface area (Å²) in [5, 5.41) is 8.68. The first-order valence-corrected chi connectivity index (χ1v) is 5.04. The third-order valence-corrected chi connectivity index (χ3v) is 1.80. The smallest absolute Gasteiger partial charge is 0.395 e. The fraction of sp³-hybridized carbons (Fsp3) is 0.700. The van der Waals surface area contributed by atoms with Crippen molar-refractivity contribution in [2.75, 3.05) is 32.9 Å². The Balaban J connectivity index is 3.85. The third-order valence-electron chi connectivity index (χ3n) is 1.80. The molecular formula is C10H16F3NO3. The number of nitrogens with zero attached hydrogens (tertiary/aromatic N) is 1. The quantitative estimate of drug-likeness (QED) is 0.519. The highest BCUT2D eigenvalue weighted by atomic mass is 19.4. The molecule has 1 N–H and O–H groups in total. The van der Waals surface area contributed by atoms with Gasteiger partial charge in [-0.05, 0) is 0 Å². The highest BCUT2D eigenvalue weighted by Gasteiger charge is 2.27. The molecule has 0 heterocycles. The Morgan fingerprint density at radius 1 is 1.47 bits per heavy atom. The van der Waals surface area contributed by atoms with Gasteiger partial charge in [-0.1, -0.05) is 6.08 Å². The van der Waals surface area contributed by atoms with Gasteiger partial charge in [-0.15, -0.1) is 6.58 Å². The van der Waals surface area contributed by atoms with E-state index in [9.17, 15) is 18.0 Å². The van der Waals surface area contributed by atoms with Gasteiger partial charge in [0.15, 0.2) is 0 Å². The van der Waals surface area contributed by atoms with E-state index >= 15 is 0 Å². The molecule has 0 saturated heterocycles. The van der Waals surface area contributed by atoms with Crippen LogP contribution in [0.15, 0.2) is 12.7 Å². The van der Waals surface area contributed by atoms with E-state index in [-0.39, 0.29) is 38.6 Å². The molecule has 0 radical (unpaired) electrons. The lowest BCUT2D eigenvalue weighted by molar-refractivity contribution is -0.175. The van der Waals surface area contributed by atoms with E-state index < -0.39 is 12.8 Å². The first-order chi connectivity index (χ1) is 7.90. The van der Waals surface area contributed by atoms with Crippen molar-refractivity contribution in [2.45, 2.75) is 12.6 Å². The molecule has 0 spiro atoms. The molecule has 0 fully saturated rings. The minimum Gasteiger partial charge on any atom is -0.395 e. The molecule has 0 aromatic rings. The maximum atomic E-state index is 11.7. The zero-order chi connectivity index (χ0) is 13.3. The summed E-state index contributed by atoms with van der Waals surface area (Å²) in [6.07, 6.45) is -3.05. The van der Waals surface area contributed by atoms with E-state index in [4.69, 9.17) is 5.11 Å². The topological polar surface area (TPSA) is 49.8 Å². The number of amides is 1. The second-order valence-electron chi connectivity index (χ2n) is 3.27. The van der Waals surface area contributed by atoms with E-state index in [0.29, 0.717) is 0 Å². The predicted octanol–water partition coefficient (Wildman–Crippen LogP) is 0.962. The third kappa shape index (κ3) is 8.70. The molecule has 0 atom stereocenters. The average Bonchev–Trinajstić information content (AvgIpc) is 2.22. The highest BCUT2D eigenvalue weighted by molar-refractivity contribution is 5.76. The lowest BCUT2D eigenvalue weighted by Crippen LogP contribution is -2.34. The molecule has 0 bridgehead atoms. The van der Waals surface area contributed by atoms with E-state index in [1.807, 2.05) is 0 Å². The largest absolute Gasteiger partial charge is 0.411 e. The van der Waals surface area contributed by atoms with Crippen LogP contribution in [0.3, 0.4) is 0 Å². The first-order valence-electron chi connectivity index (χ1n) is 5.04. The van der Waals surface area contributed by atoms with Crippen molar-refractivity contribution in [2.24, 2.45) is 0 Å². The molecule has 0 aromatic carbocycles. The zero-order valence-corrected chi connectivity index (χ0v) is 9.37. The number of ether oxygens (including phenoxy) is 1. The minimum atomic E-state index is -4.38. The summed E-state index contributed by atoms with van der Waals surface area (Å²) in [4.78, 5) is 12.7. The number of aliphatic hydroxyl groups excluding tert-OH is 1. The summed E-state index contributed by atoms with van der Waals surface area (Å²) < 4.78 is 39.5. The molecule has 0 rings (SSSR count). The van der Waals surface area contributed by atoms with Crippen molar-refractivity contribution in [3.8, 4) is 0 Å².